The van der Waals surface area contributed by atoms with E-state index in [2.05, 4.69) is 13.8 Å². The van der Waals surface area contributed by atoms with Gasteiger partial charge in [0.05, 0.1) is 0 Å². The van der Waals surface area contributed by atoms with Crippen molar-refractivity contribution < 1.29 is 9.21 Å². The van der Waals surface area contributed by atoms with Crippen LogP contribution in [0.3, 0.4) is 0 Å². The molecule has 0 N–H and O–H groups in total. The van der Waals surface area contributed by atoms with Gasteiger partial charge in [0.2, 0.25) is 5.78 Å². The summed E-state index contributed by atoms with van der Waals surface area (Å²) in [6.45, 7) is 4.34. The molecule has 1 heterocycles. The van der Waals surface area contributed by atoms with Gasteiger partial charge >= 0.3 is 0 Å². The Kier molecular flexibility index (Phi) is 3.87. The molecule has 0 spiro atoms. The Morgan fingerprint density at radius 2 is 1.83 bits per heavy atom. The van der Waals surface area contributed by atoms with Crippen LogP contribution in [0.4, 0.5) is 0 Å². The summed E-state index contributed by atoms with van der Waals surface area (Å²) in [5, 5.41) is 0.231. The van der Waals surface area contributed by atoms with E-state index in [0.29, 0.717) is 11.5 Å². The molecule has 0 atom stereocenters. The van der Waals surface area contributed by atoms with E-state index >= 15 is 0 Å². The van der Waals surface area contributed by atoms with Gasteiger partial charge in [-0.2, -0.15) is 0 Å². The average molecular weight is 263 g/mol. The molecule has 2 rings (SSSR count). The molecule has 0 aliphatic carbocycles. The molecule has 1 aromatic carbocycles. The van der Waals surface area contributed by atoms with Gasteiger partial charge in [0.15, 0.2) is 11.0 Å². The Balaban J connectivity index is 2.17. The molecular formula is C15H15ClO2. The SMILES string of the molecule is CC(C)Cc1ccc(C(=O)c2ccc(Cl)o2)cc1. The third-order valence-corrected chi connectivity index (χ3v) is 2.86. The lowest BCUT2D eigenvalue weighted by Gasteiger charge is -2.05. The standard InChI is InChI=1S/C15H15ClO2/c1-10(2)9-11-3-5-12(6-4-11)15(17)13-7-8-14(16)18-13/h3-8,10H,9H2,1-2H3. The molecule has 94 valence electrons. The van der Waals surface area contributed by atoms with Gasteiger partial charge in [-0.3, -0.25) is 4.79 Å². The Morgan fingerprint density at radius 1 is 1.17 bits per heavy atom. The van der Waals surface area contributed by atoms with Crippen molar-refractivity contribution in [3.63, 3.8) is 0 Å². The van der Waals surface area contributed by atoms with Crippen molar-refractivity contribution in [3.05, 3.63) is 58.5 Å². The van der Waals surface area contributed by atoms with Crippen molar-refractivity contribution in [3.8, 4) is 0 Å². The number of hydrogen-bond donors (Lipinski definition) is 0. The van der Waals surface area contributed by atoms with Crippen LogP contribution in [0, 0.1) is 5.92 Å². The van der Waals surface area contributed by atoms with E-state index < -0.39 is 0 Å². The van der Waals surface area contributed by atoms with E-state index in [1.165, 1.54) is 5.56 Å². The van der Waals surface area contributed by atoms with Crippen molar-refractivity contribution >= 4 is 17.4 Å². The van der Waals surface area contributed by atoms with E-state index in [9.17, 15) is 4.79 Å². The van der Waals surface area contributed by atoms with Gasteiger partial charge in [0, 0.05) is 5.56 Å². The van der Waals surface area contributed by atoms with Crippen LogP contribution in [0.1, 0.15) is 35.5 Å². The summed E-state index contributed by atoms with van der Waals surface area (Å²) in [5.41, 5.74) is 1.85. The summed E-state index contributed by atoms with van der Waals surface area (Å²) in [6.07, 6.45) is 1.01. The van der Waals surface area contributed by atoms with E-state index in [0.717, 1.165) is 6.42 Å². The van der Waals surface area contributed by atoms with Crippen LogP contribution in [0.25, 0.3) is 0 Å². The van der Waals surface area contributed by atoms with Crippen molar-refractivity contribution in [2.75, 3.05) is 0 Å². The third-order valence-electron chi connectivity index (χ3n) is 2.66. The molecule has 0 bridgehead atoms. The van der Waals surface area contributed by atoms with Gasteiger partial charge in [-0.15, -0.1) is 0 Å². The molecule has 0 amide bonds. The lowest BCUT2D eigenvalue weighted by atomic mass is 10.0. The number of halogens is 1. The molecule has 18 heavy (non-hydrogen) atoms. The Labute approximate surface area is 112 Å². The Hall–Kier alpha value is -1.54. The highest BCUT2D eigenvalue weighted by Crippen LogP contribution is 2.18. The molecule has 0 aliphatic heterocycles. The maximum Gasteiger partial charge on any atom is 0.228 e. The number of carbonyl (C=O) groups is 1. The van der Waals surface area contributed by atoms with Gasteiger partial charge in [0.1, 0.15) is 0 Å². The van der Waals surface area contributed by atoms with E-state index in [4.69, 9.17) is 16.0 Å². The number of furan rings is 1. The fourth-order valence-electron chi connectivity index (χ4n) is 1.84. The first-order valence-corrected chi connectivity index (χ1v) is 6.33. The van der Waals surface area contributed by atoms with Crippen molar-refractivity contribution in [1.29, 1.82) is 0 Å². The van der Waals surface area contributed by atoms with Crippen LogP contribution < -0.4 is 0 Å². The Bertz CT molecular complexity index is 538. The second-order valence-electron chi connectivity index (χ2n) is 4.73. The molecule has 0 aliphatic rings. The third kappa shape index (κ3) is 3.02. The van der Waals surface area contributed by atoms with Gasteiger partial charge in [-0.05, 0) is 41.6 Å². The lowest BCUT2D eigenvalue weighted by molar-refractivity contribution is 0.101. The predicted molar refractivity (Wildman–Crippen MR) is 72.1 cm³/mol. The van der Waals surface area contributed by atoms with Crippen LogP contribution in [0.2, 0.25) is 5.22 Å². The molecule has 0 radical (unpaired) electrons. The zero-order chi connectivity index (χ0) is 13.1. The maximum atomic E-state index is 12.0. The summed E-state index contributed by atoms with van der Waals surface area (Å²) >= 11 is 5.66. The number of hydrogen-bond acceptors (Lipinski definition) is 2. The topological polar surface area (TPSA) is 30.2 Å². The summed E-state index contributed by atoms with van der Waals surface area (Å²) in [7, 11) is 0. The van der Waals surface area contributed by atoms with Gasteiger partial charge < -0.3 is 4.42 Å². The smallest absolute Gasteiger partial charge is 0.228 e. The zero-order valence-electron chi connectivity index (χ0n) is 10.4. The fraction of sp³-hybridized carbons (Fsp3) is 0.267. The molecular weight excluding hydrogens is 248 g/mol. The van der Waals surface area contributed by atoms with Crippen molar-refractivity contribution in [2.45, 2.75) is 20.3 Å². The van der Waals surface area contributed by atoms with Crippen LogP contribution in [0.5, 0.6) is 0 Å². The number of ketones is 1. The highest BCUT2D eigenvalue weighted by atomic mass is 35.5. The number of carbonyl (C=O) groups excluding carboxylic acids is 1. The molecule has 2 nitrogen and oxygen atoms in total. The Morgan fingerprint density at radius 3 is 2.33 bits per heavy atom. The van der Waals surface area contributed by atoms with E-state index in [1.807, 2.05) is 24.3 Å². The second-order valence-corrected chi connectivity index (χ2v) is 5.10. The number of benzene rings is 1. The normalized spacial score (nSPS) is 10.9. The predicted octanol–water partition coefficient (Wildman–Crippen LogP) is 4.36. The first-order chi connectivity index (χ1) is 8.56. The molecule has 1 aromatic heterocycles. The molecule has 3 heteroatoms. The summed E-state index contributed by atoms with van der Waals surface area (Å²) in [4.78, 5) is 12.0. The maximum absolute atomic E-state index is 12.0. The zero-order valence-corrected chi connectivity index (χ0v) is 11.2. The second kappa shape index (κ2) is 5.40. The highest BCUT2D eigenvalue weighted by Gasteiger charge is 2.13. The highest BCUT2D eigenvalue weighted by molar-refractivity contribution is 6.29. The van der Waals surface area contributed by atoms with E-state index in [1.54, 1.807) is 12.1 Å². The number of rotatable bonds is 4. The monoisotopic (exact) mass is 262 g/mol. The van der Waals surface area contributed by atoms with Gasteiger partial charge in [-0.25, -0.2) is 0 Å². The van der Waals surface area contributed by atoms with Crippen LogP contribution in [-0.2, 0) is 6.42 Å². The first-order valence-electron chi connectivity index (χ1n) is 5.95. The van der Waals surface area contributed by atoms with Gasteiger partial charge in [0.25, 0.3) is 0 Å². The summed E-state index contributed by atoms with van der Waals surface area (Å²) < 4.78 is 5.11. The minimum absolute atomic E-state index is 0.141. The molecule has 2 aromatic rings. The van der Waals surface area contributed by atoms with Crippen LogP contribution >= 0.6 is 11.6 Å². The van der Waals surface area contributed by atoms with Gasteiger partial charge in [-0.1, -0.05) is 38.1 Å². The quantitative estimate of drug-likeness (QED) is 0.766. The molecule has 0 fully saturated rings. The average Bonchev–Trinajstić information content (AvgIpc) is 2.75. The summed E-state index contributed by atoms with van der Waals surface area (Å²) in [6, 6.07) is 10.8. The summed E-state index contributed by atoms with van der Waals surface area (Å²) in [5.74, 6) is 0.741. The molecule has 0 saturated heterocycles. The van der Waals surface area contributed by atoms with Crippen LogP contribution in [0.15, 0.2) is 40.8 Å². The van der Waals surface area contributed by atoms with Crippen molar-refractivity contribution in [2.24, 2.45) is 5.92 Å². The molecule has 0 unspecified atom stereocenters. The lowest BCUT2D eigenvalue weighted by Crippen LogP contribution is -2.00. The molecule has 0 saturated carbocycles. The van der Waals surface area contributed by atoms with E-state index in [-0.39, 0.29) is 16.8 Å². The largest absolute Gasteiger partial charge is 0.441 e. The minimum atomic E-state index is -0.141. The fourth-order valence-corrected chi connectivity index (χ4v) is 1.99. The first kappa shape index (κ1) is 12.9. The van der Waals surface area contributed by atoms with Crippen LogP contribution in [-0.4, -0.2) is 5.78 Å². The minimum Gasteiger partial charge on any atom is -0.441 e. The van der Waals surface area contributed by atoms with Crippen molar-refractivity contribution in [1.82, 2.24) is 0 Å².